The second kappa shape index (κ2) is 4.07. The molecule has 3 rings (SSSR count). The number of pyridine rings is 1. The Labute approximate surface area is 104 Å². The van der Waals surface area contributed by atoms with Gasteiger partial charge >= 0.3 is 0 Å². The molecule has 4 heteroatoms. The van der Waals surface area contributed by atoms with Gasteiger partial charge in [-0.2, -0.15) is 0 Å². The first-order chi connectivity index (χ1) is 8.75. The van der Waals surface area contributed by atoms with Crippen LogP contribution in [0.15, 0.2) is 49.1 Å². The van der Waals surface area contributed by atoms with Crippen molar-refractivity contribution in [2.24, 2.45) is 7.05 Å². The molecule has 0 unspecified atom stereocenters. The van der Waals surface area contributed by atoms with Gasteiger partial charge in [0.1, 0.15) is 11.4 Å². The van der Waals surface area contributed by atoms with Gasteiger partial charge in [0.15, 0.2) is 0 Å². The highest BCUT2D eigenvalue weighted by atomic mass is 16.1. The highest BCUT2D eigenvalue weighted by molar-refractivity contribution is 6.13. The van der Waals surface area contributed by atoms with Crippen LogP contribution in [0.2, 0.25) is 0 Å². The maximum atomic E-state index is 12.3. The van der Waals surface area contributed by atoms with E-state index in [4.69, 9.17) is 0 Å². The van der Waals surface area contributed by atoms with E-state index in [1.165, 1.54) is 0 Å². The zero-order chi connectivity index (χ0) is 12.5. The summed E-state index contributed by atoms with van der Waals surface area (Å²) in [5.74, 6) is -0.146. The van der Waals surface area contributed by atoms with Crippen molar-refractivity contribution in [1.29, 1.82) is 0 Å². The van der Waals surface area contributed by atoms with E-state index in [0.717, 1.165) is 10.8 Å². The van der Waals surface area contributed by atoms with Crippen LogP contribution in [0, 0.1) is 0 Å². The molecule has 18 heavy (non-hydrogen) atoms. The molecule has 0 fully saturated rings. The molecule has 0 aliphatic rings. The summed E-state index contributed by atoms with van der Waals surface area (Å²) < 4.78 is 1.75. The van der Waals surface area contributed by atoms with Crippen LogP contribution in [0.25, 0.3) is 10.8 Å². The van der Waals surface area contributed by atoms with Crippen molar-refractivity contribution in [3.05, 3.63) is 60.4 Å². The number of rotatable bonds is 2. The summed E-state index contributed by atoms with van der Waals surface area (Å²) in [6.07, 6.45) is 4.96. The molecule has 0 aliphatic heterocycles. The van der Waals surface area contributed by atoms with Gasteiger partial charge in [-0.15, -0.1) is 0 Å². The highest BCUT2D eigenvalue weighted by Crippen LogP contribution is 2.18. The molecule has 2 heterocycles. The molecule has 0 saturated heterocycles. The number of hydrogen-bond donors (Lipinski definition) is 0. The number of ketones is 1. The van der Waals surface area contributed by atoms with E-state index in [-0.39, 0.29) is 5.78 Å². The van der Waals surface area contributed by atoms with Crippen molar-refractivity contribution in [3.63, 3.8) is 0 Å². The molecule has 88 valence electrons. The molecule has 0 spiro atoms. The van der Waals surface area contributed by atoms with Crippen LogP contribution in [0.3, 0.4) is 0 Å². The molecule has 0 amide bonds. The molecule has 0 saturated carbocycles. The number of benzene rings is 1. The summed E-state index contributed by atoms with van der Waals surface area (Å²) in [5.41, 5.74) is 0.869. The van der Waals surface area contributed by atoms with Crippen LogP contribution < -0.4 is 0 Å². The van der Waals surface area contributed by atoms with Crippen LogP contribution >= 0.6 is 0 Å². The van der Waals surface area contributed by atoms with Crippen LogP contribution in [0.5, 0.6) is 0 Å². The molecular formula is C14H11N3O. The predicted octanol–water partition coefficient (Wildman–Crippen LogP) is 2.20. The fourth-order valence-electron chi connectivity index (χ4n) is 1.95. The second-order valence-corrected chi connectivity index (χ2v) is 4.13. The van der Waals surface area contributed by atoms with Crippen LogP contribution in [-0.4, -0.2) is 20.3 Å². The number of carbonyl (C=O) groups is 1. The number of nitrogens with zero attached hydrogens (tertiary/aromatic N) is 3. The van der Waals surface area contributed by atoms with Gasteiger partial charge in [0.2, 0.25) is 5.78 Å². The van der Waals surface area contributed by atoms with Crippen molar-refractivity contribution in [3.8, 4) is 0 Å². The Morgan fingerprint density at radius 3 is 2.78 bits per heavy atom. The summed E-state index contributed by atoms with van der Waals surface area (Å²) >= 11 is 0. The van der Waals surface area contributed by atoms with Crippen LogP contribution in [-0.2, 0) is 7.05 Å². The third-order valence-electron chi connectivity index (χ3n) is 2.83. The molecule has 0 bridgehead atoms. The van der Waals surface area contributed by atoms with Crippen molar-refractivity contribution in [2.75, 3.05) is 0 Å². The van der Waals surface area contributed by atoms with Gasteiger partial charge in [0, 0.05) is 24.8 Å². The normalized spacial score (nSPS) is 10.7. The van der Waals surface area contributed by atoms with E-state index in [2.05, 4.69) is 9.97 Å². The van der Waals surface area contributed by atoms with E-state index in [1.54, 1.807) is 23.3 Å². The standard InChI is InChI=1S/C14H11N3O/c1-17-8-12(16-9-17)14(18)13-11-5-3-2-4-10(11)6-7-15-13/h2-9H,1H3. The maximum Gasteiger partial charge on any atom is 0.231 e. The Bertz CT molecular complexity index is 725. The fraction of sp³-hybridized carbons (Fsp3) is 0.0714. The minimum atomic E-state index is -0.146. The number of aryl methyl sites for hydroxylation is 1. The third-order valence-corrected chi connectivity index (χ3v) is 2.83. The average Bonchev–Trinajstić information content (AvgIpc) is 2.84. The Kier molecular flexibility index (Phi) is 2.41. The van der Waals surface area contributed by atoms with Gasteiger partial charge < -0.3 is 4.57 Å². The van der Waals surface area contributed by atoms with E-state index in [9.17, 15) is 4.79 Å². The van der Waals surface area contributed by atoms with Gasteiger partial charge in [0.25, 0.3) is 0 Å². The first-order valence-electron chi connectivity index (χ1n) is 5.62. The zero-order valence-corrected chi connectivity index (χ0v) is 9.87. The van der Waals surface area contributed by atoms with E-state index < -0.39 is 0 Å². The number of fused-ring (bicyclic) bond motifs is 1. The van der Waals surface area contributed by atoms with E-state index in [0.29, 0.717) is 11.4 Å². The zero-order valence-electron chi connectivity index (χ0n) is 9.87. The van der Waals surface area contributed by atoms with Gasteiger partial charge in [-0.05, 0) is 11.5 Å². The Hall–Kier alpha value is -2.49. The summed E-state index contributed by atoms with van der Waals surface area (Å²) in [5, 5.41) is 1.86. The lowest BCUT2D eigenvalue weighted by atomic mass is 10.1. The summed E-state index contributed by atoms with van der Waals surface area (Å²) in [7, 11) is 1.83. The SMILES string of the molecule is Cn1cnc(C(=O)c2nccc3ccccc23)c1. The predicted molar refractivity (Wildman–Crippen MR) is 68.4 cm³/mol. The van der Waals surface area contributed by atoms with Crippen molar-refractivity contribution >= 4 is 16.6 Å². The molecule has 1 aromatic carbocycles. The molecule has 0 aliphatic carbocycles. The largest absolute Gasteiger partial charge is 0.340 e. The fourth-order valence-corrected chi connectivity index (χ4v) is 1.95. The lowest BCUT2D eigenvalue weighted by Crippen LogP contribution is -2.05. The summed E-state index contributed by atoms with van der Waals surface area (Å²) in [6, 6.07) is 9.60. The van der Waals surface area contributed by atoms with Gasteiger partial charge in [-0.1, -0.05) is 24.3 Å². The topological polar surface area (TPSA) is 47.8 Å². The Morgan fingerprint density at radius 2 is 2.00 bits per heavy atom. The molecule has 2 aromatic heterocycles. The maximum absolute atomic E-state index is 12.3. The number of imidazole rings is 1. The Morgan fingerprint density at radius 1 is 1.17 bits per heavy atom. The first-order valence-corrected chi connectivity index (χ1v) is 5.62. The molecule has 4 nitrogen and oxygen atoms in total. The molecule has 0 radical (unpaired) electrons. The molecule has 3 aromatic rings. The number of carbonyl (C=O) groups excluding carboxylic acids is 1. The summed E-state index contributed by atoms with van der Waals surface area (Å²) in [6.45, 7) is 0. The highest BCUT2D eigenvalue weighted by Gasteiger charge is 2.15. The van der Waals surface area contributed by atoms with Gasteiger partial charge in [-0.3, -0.25) is 9.78 Å². The average molecular weight is 237 g/mol. The quantitative estimate of drug-likeness (QED) is 0.642. The lowest BCUT2D eigenvalue weighted by Gasteiger charge is -2.02. The lowest BCUT2D eigenvalue weighted by molar-refractivity contribution is 0.103. The number of aromatic nitrogens is 3. The second-order valence-electron chi connectivity index (χ2n) is 4.13. The third kappa shape index (κ3) is 1.68. The van der Waals surface area contributed by atoms with Crippen LogP contribution in [0.4, 0.5) is 0 Å². The minimum Gasteiger partial charge on any atom is -0.340 e. The van der Waals surface area contributed by atoms with Crippen molar-refractivity contribution < 1.29 is 4.79 Å². The smallest absolute Gasteiger partial charge is 0.231 e. The Balaban J connectivity index is 2.17. The molecular weight excluding hydrogens is 226 g/mol. The van der Waals surface area contributed by atoms with Crippen LogP contribution in [0.1, 0.15) is 16.2 Å². The van der Waals surface area contributed by atoms with E-state index in [1.807, 2.05) is 37.4 Å². The van der Waals surface area contributed by atoms with Gasteiger partial charge in [0.05, 0.1) is 6.33 Å². The molecule has 0 N–H and O–H groups in total. The first kappa shape index (κ1) is 10.7. The van der Waals surface area contributed by atoms with Crippen molar-refractivity contribution in [1.82, 2.24) is 14.5 Å². The number of hydrogen-bond acceptors (Lipinski definition) is 3. The van der Waals surface area contributed by atoms with E-state index >= 15 is 0 Å². The van der Waals surface area contributed by atoms with Crippen molar-refractivity contribution in [2.45, 2.75) is 0 Å². The summed E-state index contributed by atoms with van der Waals surface area (Å²) in [4.78, 5) is 20.6. The molecule has 0 atom stereocenters. The minimum absolute atomic E-state index is 0.146. The van der Waals surface area contributed by atoms with Gasteiger partial charge in [-0.25, -0.2) is 4.98 Å². The monoisotopic (exact) mass is 237 g/mol.